The number of nitrogens with one attached hydrogen (secondary N) is 2. The zero-order valence-corrected chi connectivity index (χ0v) is 20.8. The number of hydrogen-bond acceptors (Lipinski definition) is 5. The predicted octanol–water partition coefficient (Wildman–Crippen LogP) is 4.11. The maximum absolute atomic E-state index is 13.0. The first-order chi connectivity index (χ1) is 14.1. The number of fused-ring (bicyclic) bond motifs is 1. The molecule has 2 heterocycles. The van der Waals surface area contributed by atoms with Gasteiger partial charge in [-0.2, -0.15) is 0 Å². The van der Waals surface area contributed by atoms with Crippen molar-refractivity contribution in [1.82, 2.24) is 19.8 Å². The molecule has 1 unspecified atom stereocenters. The van der Waals surface area contributed by atoms with Crippen LogP contribution in [-0.4, -0.2) is 51.2 Å². The van der Waals surface area contributed by atoms with Gasteiger partial charge in [0.05, 0.1) is 17.6 Å². The summed E-state index contributed by atoms with van der Waals surface area (Å²) in [5.74, 6) is 0.281. The fourth-order valence-electron chi connectivity index (χ4n) is 4.04. The molecule has 1 aromatic rings. The van der Waals surface area contributed by atoms with Crippen molar-refractivity contribution in [1.29, 1.82) is 0 Å². The number of nitrogens with zero attached hydrogens (tertiary/aromatic N) is 3. The van der Waals surface area contributed by atoms with E-state index in [4.69, 9.17) is 4.74 Å². The van der Waals surface area contributed by atoms with E-state index >= 15 is 0 Å². The summed E-state index contributed by atoms with van der Waals surface area (Å²) in [7, 11) is 0. The molecular weight excluding hydrogens is 394 g/mol. The van der Waals surface area contributed by atoms with E-state index in [-0.39, 0.29) is 16.9 Å². The van der Waals surface area contributed by atoms with Crippen molar-refractivity contribution < 1.29 is 14.3 Å². The molecule has 0 spiro atoms. The number of carbonyl (C=O) groups excluding carboxylic acids is 2. The summed E-state index contributed by atoms with van der Waals surface area (Å²) in [6, 6.07) is -0.681. The molecule has 1 aliphatic heterocycles. The number of carbonyl (C=O) groups is 2. The second-order valence-corrected chi connectivity index (χ2v) is 11.4. The molecule has 1 aliphatic rings. The van der Waals surface area contributed by atoms with Gasteiger partial charge in [-0.25, -0.2) is 9.78 Å². The number of hydrogen-bond donors (Lipinski definition) is 2. The Balaban J connectivity index is 2.18. The summed E-state index contributed by atoms with van der Waals surface area (Å²) >= 11 is 0. The smallest absolute Gasteiger partial charge is 0.408 e. The molecule has 0 bridgehead atoms. The number of imidazole rings is 1. The van der Waals surface area contributed by atoms with Gasteiger partial charge in [-0.3, -0.25) is 9.69 Å². The fraction of sp³-hybridized carbons (Fsp3) is 0.783. The van der Waals surface area contributed by atoms with Crippen molar-refractivity contribution in [2.75, 3.05) is 18.4 Å². The molecule has 2 N–H and O–H groups in total. The van der Waals surface area contributed by atoms with E-state index in [0.717, 1.165) is 25.2 Å². The van der Waals surface area contributed by atoms with Gasteiger partial charge in [-0.15, -0.1) is 0 Å². The third-order valence-electron chi connectivity index (χ3n) is 5.03. The molecule has 1 aromatic heterocycles. The highest BCUT2D eigenvalue weighted by Crippen LogP contribution is 2.32. The summed E-state index contributed by atoms with van der Waals surface area (Å²) < 4.78 is 7.47. The minimum Gasteiger partial charge on any atom is -0.444 e. The summed E-state index contributed by atoms with van der Waals surface area (Å²) in [4.78, 5) is 32.1. The minimum absolute atomic E-state index is 0.133. The molecule has 0 fully saturated rings. The summed E-state index contributed by atoms with van der Waals surface area (Å²) in [5, 5.41) is 5.66. The molecule has 2 amide bonds. The number of anilines is 1. The monoisotopic (exact) mass is 435 g/mol. The summed E-state index contributed by atoms with van der Waals surface area (Å²) in [5.41, 5.74) is 0.404. The molecule has 0 aromatic carbocycles. The Bertz CT molecular complexity index is 786. The van der Waals surface area contributed by atoms with E-state index < -0.39 is 17.7 Å². The van der Waals surface area contributed by atoms with Gasteiger partial charge < -0.3 is 19.9 Å². The Morgan fingerprint density at radius 1 is 1.23 bits per heavy atom. The first-order valence-electron chi connectivity index (χ1n) is 11.2. The molecule has 31 heavy (non-hydrogen) atoms. The van der Waals surface area contributed by atoms with Crippen molar-refractivity contribution in [2.24, 2.45) is 5.41 Å². The number of aromatic nitrogens is 2. The minimum atomic E-state index is -0.681. The van der Waals surface area contributed by atoms with Crippen LogP contribution >= 0.6 is 0 Å². The van der Waals surface area contributed by atoms with E-state index in [1.165, 1.54) is 0 Å². The SMILES string of the molecule is CCCC(NC(=O)OC(C)(C)C)C(=O)Nc1ncn2c1CN(CC(C)(C)C)CC2(C)C. The fourth-order valence-corrected chi connectivity index (χ4v) is 4.04. The third kappa shape index (κ3) is 7.23. The van der Waals surface area contributed by atoms with Crippen molar-refractivity contribution >= 4 is 17.8 Å². The Morgan fingerprint density at radius 3 is 2.42 bits per heavy atom. The molecule has 0 saturated heterocycles. The normalized spacial score (nSPS) is 17.6. The Morgan fingerprint density at radius 2 is 1.87 bits per heavy atom. The molecule has 1 atom stereocenters. The highest BCUT2D eigenvalue weighted by atomic mass is 16.6. The zero-order chi connectivity index (χ0) is 23.6. The lowest BCUT2D eigenvalue weighted by molar-refractivity contribution is -0.118. The van der Waals surface area contributed by atoms with Crippen LogP contribution in [0.25, 0.3) is 0 Å². The van der Waals surface area contributed by atoms with Crippen LogP contribution < -0.4 is 10.6 Å². The van der Waals surface area contributed by atoms with Gasteiger partial charge in [0.15, 0.2) is 5.82 Å². The maximum atomic E-state index is 13.0. The van der Waals surface area contributed by atoms with Gasteiger partial charge in [0.25, 0.3) is 0 Å². The van der Waals surface area contributed by atoms with Gasteiger partial charge in [-0.1, -0.05) is 34.1 Å². The number of ether oxygens (including phenoxy) is 1. The highest BCUT2D eigenvalue weighted by Gasteiger charge is 2.35. The Hall–Kier alpha value is -2.09. The molecule has 0 radical (unpaired) electrons. The second-order valence-electron chi connectivity index (χ2n) is 11.4. The maximum Gasteiger partial charge on any atom is 0.408 e. The summed E-state index contributed by atoms with van der Waals surface area (Å²) in [6.07, 6.45) is 2.48. The van der Waals surface area contributed by atoms with E-state index in [1.54, 1.807) is 27.1 Å². The predicted molar refractivity (Wildman–Crippen MR) is 123 cm³/mol. The van der Waals surface area contributed by atoms with Crippen molar-refractivity contribution in [3.63, 3.8) is 0 Å². The topological polar surface area (TPSA) is 88.5 Å². The Kier molecular flexibility index (Phi) is 7.46. The van der Waals surface area contributed by atoms with Crippen LogP contribution in [0.3, 0.4) is 0 Å². The van der Waals surface area contributed by atoms with E-state index in [1.807, 2.05) is 6.92 Å². The molecule has 0 saturated carbocycles. The van der Waals surface area contributed by atoms with Gasteiger partial charge in [0.1, 0.15) is 11.6 Å². The average molecular weight is 436 g/mol. The van der Waals surface area contributed by atoms with Crippen LogP contribution in [0.5, 0.6) is 0 Å². The molecule has 2 rings (SSSR count). The van der Waals surface area contributed by atoms with Gasteiger partial charge in [0, 0.05) is 19.6 Å². The molecule has 176 valence electrons. The lowest BCUT2D eigenvalue weighted by Gasteiger charge is -2.42. The molecule has 8 nitrogen and oxygen atoms in total. The van der Waals surface area contributed by atoms with Crippen LogP contribution in [-0.2, 0) is 21.6 Å². The van der Waals surface area contributed by atoms with E-state index in [0.29, 0.717) is 18.8 Å². The van der Waals surface area contributed by atoms with Crippen molar-refractivity contribution in [3.05, 3.63) is 12.0 Å². The van der Waals surface area contributed by atoms with E-state index in [9.17, 15) is 9.59 Å². The second kappa shape index (κ2) is 9.18. The number of amides is 2. The number of alkyl carbamates (subject to hydrolysis) is 1. The van der Waals surface area contributed by atoms with Gasteiger partial charge in [0.2, 0.25) is 5.91 Å². The lowest BCUT2D eigenvalue weighted by Crippen LogP contribution is -2.49. The largest absolute Gasteiger partial charge is 0.444 e. The third-order valence-corrected chi connectivity index (χ3v) is 5.03. The molecule has 0 aliphatic carbocycles. The first-order valence-corrected chi connectivity index (χ1v) is 11.2. The Labute approximate surface area is 187 Å². The zero-order valence-electron chi connectivity index (χ0n) is 20.8. The van der Waals surface area contributed by atoms with Crippen LogP contribution in [0, 0.1) is 5.41 Å². The lowest BCUT2D eigenvalue weighted by atomic mass is 9.93. The van der Waals surface area contributed by atoms with Gasteiger partial charge >= 0.3 is 6.09 Å². The van der Waals surface area contributed by atoms with Crippen molar-refractivity contribution in [3.8, 4) is 0 Å². The average Bonchev–Trinajstić information content (AvgIpc) is 2.94. The highest BCUT2D eigenvalue weighted by molar-refractivity contribution is 5.96. The number of rotatable bonds is 6. The van der Waals surface area contributed by atoms with Crippen LogP contribution in [0.4, 0.5) is 10.6 Å². The van der Waals surface area contributed by atoms with Crippen LogP contribution in [0.15, 0.2) is 6.33 Å². The summed E-state index contributed by atoms with van der Waals surface area (Å²) in [6.45, 7) is 21.0. The van der Waals surface area contributed by atoms with E-state index in [2.05, 4.69) is 59.7 Å². The quantitative estimate of drug-likeness (QED) is 0.702. The first kappa shape index (κ1) is 25.2. The molecular formula is C23H41N5O3. The van der Waals surface area contributed by atoms with Crippen LogP contribution in [0.2, 0.25) is 0 Å². The van der Waals surface area contributed by atoms with Crippen LogP contribution in [0.1, 0.15) is 80.8 Å². The standard InChI is InChI=1S/C23H41N5O3/c1-10-11-16(25-20(30)31-22(5,6)7)19(29)26-18-17-12-27(13-21(2,3)4)14-23(8,9)28(17)15-24-18/h15-16H,10-14H2,1-9H3,(H,25,30)(H,26,29). The van der Waals surface area contributed by atoms with Gasteiger partial charge in [-0.05, 0) is 46.5 Å². The molecule has 8 heteroatoms. The van der Waals surface area contributed by atoms with Crippen molar-refractivity contribution in [2.45, 2.75) is 98.9 Å².